The number of carbonyl (C=O) groups excluding carboxylic acids is 1. The minimum absolute atomic E-state index is 0.180. The fraction of sp³-hybridized carbons (Fsp3) is 0.250. The fourth-order valence-corrected chi connectivity index (χ4v) is 2.89. The van der Waals surface area contributed by atoms with Crippen molar-refractivity contribution in [3.63, 3.8) is 0 Å². The quantitative estimate of drug-likeness (QED) is 0.747. The molecule has 124 valence electrons. The van der Waals surface area contributed by atoms with Crippen LogP contribution in [0.15, 0.2) is 42.2 Å². The van der Waals surface area contributed by atoms with E-state index in [0.29, 0.717) is 18.1 Å². The van der Waals surface area contributed by atoms with Gasteiger partial charge in [0.05, 0.1) is 5.01 Å². The Morgan fingerprint density at radius 3 is 2.96 bits per heavy atom. The number of urea groups is 1. The van der Waals surface area contributed by atoms with Gasteiger partial charge in [-0.15, -0.1) is 11.3 Å². The number of benzene rings is 1. The molecule has 0 aliphatic heterocycles. The van der Waals surface area contributed by atoms with Crippen LogP contribution in [0.3, 0.4) is 0 Å². The number of hydrogen-bond acceptors (Lipinski definition) is 5. The Labute approximate surface area is 143 Å². The van der Waals surface area contributed by atoms with Gasteiger partial charge in [0.25, 0.3) is 0 Å². The zero-order valence-electron chi connectivity index (χ0n) is 13.4. The highest BCUT2D eigenvalue weighted by molar-refractivity contribution is 7.09. The maximum absolute atomic E-state index is 12.1. The van der Waals surface area contributed by atoms with Gasteiger partial charge < -0.3 is 10.6 Å². The molecule has 8 heteroatoms. The summed E-state index contributed by atoms with van der Waals surface area (Å²) in [6.45, 7) is 2.56. The summed E-state index contributed by atoms with van der Waals surface area (Å²) in [7, 11) is 1.82. The zero-order chi connectivity index (χ0) is 16.9. The van der Waals surface area contributed by atoms with Gasteiger partial charge in [0, 0.05) is 42.3 Å². The van der Waals surface area contributed by atoms with E-state index in [0.717, 1.165) is 10.6 Å². The first-order valence-corrected chi connectivity index (χ1v) is 8.40. The second kappa shape index (κ2) is 7.22. The molecule has 0 fully saturated rings. The lowest BCUT2D eigenvalue weighted by Gasteiger charge is -2.11. The van der Waals surface area contributed by atoms with E-state index in [9.17, 15) is 4.79 Å². The van der Waals surface area contributed by atoms with Gasteiger partial charge in [-0.05, 0) is 12.1 Å². The SMILES string of the molecule is C[C@H](CNC(=O)Nc1cccc(-c2ncn(C)n2)c1)c1nccs1. The molecule has 2 heterocycles. The average molecular weight is 342 g/mol. The second-order valence-electron chi connectivity index (χ2n) is 5.43. The molecule has 0 radical (unpaired) electrons. The van der Waals surface area contributed by atoms with Gasteiger partial charge in [0.15, 0.2) is 5.82 Å². The van der Waals surface area contributed by atoms with E-state index >= 15 is 0 Å². The molecule has 0 saturated carbocycles. The van der Waals surface area contributed by atoms with Crippen LogP contribution in [0, 0.1) is 0 Å². The fourth-order valence-electron chi connectivity index (χ4n) is 2.19. The summed E-state index contributed by atoms with van der Waals surface area (Å²) in [6.07, 6.45) is 3.41. The highest BCUT2D eigenvalue weighted by Crippen LogP contribution is 2.19. The van der Waals surface area contributed by atoms with Crippen molar-refractivity contribution in [3.8, 4) is 11.4 Å². The Balaban J connectivity index is 1.58. The van der Waals surface area contributed by atoms with Crippen LogP contribution >= 0.6 is 11.3 Å². The van der Waals surface area contributed by atoms with Crippen LogP contribution in [0.5, 0.6) is 0 Å². The predicted octanol–water partition coefficient (Wildman–Crippen LogP) is 2.86. The van der Waals surface area contributed by atoms with Crippen molar-refractivity contribution in [2.45, 2.75) is 12.8 Å². The van der Waals surface area contributed by atoms with Crippen LogP contribution in [0.4, 0.5) is 10.5 Å². The van der Waals surface area contributed by atoms with Crippen LogP contribution in [0.25, 0.3) is 11.4 Å². The third kappa shape index (κ3) is 3.96. The van der Waals surface area contributed by atoms with Gasteiger partial charge >= 0.3 is 6.03 Å². The second-order valence-corrected chi connectivity index (χ2v) is 6.36. The summed E-state index contributed by atoms with van der Waals surface area (Å²) < 4.78 is 1.64. The molecule has 0 saturated heterocycles. The Kier molecular flexibility index (Phi) is 4.85. The topological polar surface area (TPSA) is 84.7 Å². The molecule has 1 aromatic carbocycles. The number of carbonyl (C=O) groups is 1. The molecule has 3 aromatic rings. The number of nitrogens with zero attached hydrogens (tertiary/aromatic N) is 4. The summed E-state index contributed by atoms with van der Waals surface area (Å²) in [6, 6.07) is 7.20. The Morgan fingerprint density at radius 2 is 2.25 bits per heavy atom. The summed E-state index contributed by atoms with van der Waals surface area (Å²) in [5, 5.41) is 12.9. The highest BCUT2D eigenvalue weighted by atomic mass is 32.1. The molecule has 2 aromatic heterocycles. The third-order valence-corrected chi connectivity index (χ3v) is 4.43. The number of thiazole rings is 1. The first kappa shape index (κ1) is 16.1. The van der Waals surface area contributed by atoms with E-state index in [4.69, 9.17) is 0 Å². The molecule has 2 N–H and O–H groups in total. The summed E-state index contributed by atoms with van der Waals surface area (Å²) in [5.74, 6) is 0.804. The molecular weight excluding hydrogens is 324 g/mol. The first-order valence-electron chi connectivity index (χ1n) is 7.52. The van der Waals surface area contributed by atoms with E-state index < -0.39 is 0 Å². The molecule has 0 aliphatic rings. The van der Waals surface area contributed by atoms with Crippen molar-refractivity contribution in [2.24, 2.45) is 7.05 Å². The largest absolute Gasteiger partial charge is 0.337 e. The Hall–Kier alpha value is -2.74. The number of amides is 2. The lowest BCUT2D eigenvalue weighted by atomic mass is 10.2. The minimum Gasteiger partial charge on any atom is -0.337 e. The maximum Gasteiger partial charge on any atom is 0.319 e. The van der Waals surface area contributed by atoms with Crippen molar-refractivity contribution in [2.75, 3.05) is 11.9 Å². The Bertz CT molecular complexity index is 814. The molecular formula is C16H18N6OS. The Morgan fingerprint density at radius 1 is 1.38 bits per heavy atom. The van der Waals surface area contributed by atoms with E-state index in [1.165, 1.54) is 0 Å². The highest BCUT2D eigenvalue weighted by Gasteiger charge is 2.10. The summed E-state index contributed by atoms with van der Waals surface area (Å²) in [5.41, 5.74) is 1.55. The predicted molar refractivity (Wildman–Crippen MR) is 94.0 cm³/mol. The average Bonchev–Trinajstić information content (AvgIpc) is 3.24. The number of anilines is 1. The first-order chi connectivity index (χ1) is 11.6. The minimum atomic E-state index is -0.246. The molecule has 0 aliphatic carbocycles. The number of rotatable bonds is 5. The van der Waals surface area contributed by atoms with Gasteiger partial charge in [-0.2, -0.15) is 5.10 Å². The lowest BCUT2D eigenvalue weighted by molar-refractivity contribution is 0.251. The van der Waals surface area contributed by atoms with E-state index in [-0.39, 0.29) is 11.9 Å². The number of aryl methyl sites for hydroxylation is 1. The third-order valence-electron chi connectivity index (χ3n) is 3.42. The van der Waals surface area contributed by atoms with Crippen LogP contribution < -0.4 is 10.6 Å². The maximum atomic E-state index is 12.1. The lowest BCUT2D eigenvalue weighted by Crippen LogP contribution is -2.31. The van der Waals surface area contributed by atoms with Crippen molar-refractivity contribution in [1.82, 2.24) is 25.1 Å². The van der Waals surface area contributed by atoms with Crippen LogP contribution in [0.1, 0.15) is 17.8 Å². The molecule has 0 spiro atoms. The monoisotopic (exact) mass is 342 g/mol. The van der Waals surface area contributed by atoms with Gasteiger partial charge in [-0.3, -0.25) is 4.68 Å². The van der Waals surface area contributed by atoms with Gasteiger partial charge in [-0.25, -0.2) is 14.8 Å². The van der Waals surface area contributed by atoms with Crippen molar-refractivity contribution >= 4 is 23.1 Å². The van der Waals surface area contributed by atoms with E-state index in [1.54, 1.807) is 28.5 Å². The number of nitrogens with one attached hydrogen (secondary N) is 2. The van der Waals surface area contributed by atoms with Gasteiger partial charge in [0.1, 0.15) is 6.33 Å². The molecule has 3 rings (SSSR count). The van der Waals surface area contributed by atoms with Crippen LogP contribution in [0.2, 0.25) is 0 Å². The van der Waals surface area contributed by atoms with Crippen LogP contribution in [-0.4, -0.2) is 32.3 Å². The molecule has 2 amide bonds. The van der Waals surface area contributed by atoms with Gasteiger partial charge in [-0.1, -0.05) is 19.1 Å². The molecule has 0 bridgehead atoms. The zero-order valence-corrected chi connectivity index (χ0v) is 14.2. The van der Waals surface area contributed by atoms with Crippen molar-refractivity contribution in [1.29, 1.82) is 0 Å². The van der Waals surface area contributed by atoms with Gasteiger partial charge in [0.2, 0.25) is 0 Å². The molecule has 1 atom stereocenters. The van der Waals surface area contributed by atoms with E-state index in [1.807, 2.05) is 43.6 Å². The normalized spacial score (nSPS) is 11.9. The van der Waals surface area contributed by atoms with E-state index in [2.05, 4.69) is 25.7 Å². The molecule has 7 nitrogen and oxygen atoms in total. The summed E-state index contributed by atoms with van der Waals surface area (Å²) >= 11 is 1.59. The smallest absolute Gasteiger partial charge is 0.319 e. The standard InChI is InChI=1S/C16H18N6OS/c1-11(15-17-6-7-24-15)9-18-16(23)20-13-5-3-4-12(8-13)14-19-10-22(2)21-14/h3-8,10-11H,9H2,1-2H3,(H2,18,20,23)/t11-/m1/s1. The number of aromatic nitrogens is 4. The van der Waals surface area contributed by atoms with Crippen molar-refractivity contribution in [3.05, 3.63) is 47.2 Å². The van der Waals surface area contributed by atoms with Crippen LogP contribution in [-0.2, 0) is 7.05 Å². The summed E-state index contributed by atoms with van der Waals surface area (Å²) in [4.78, 5) is 20.5. The molecule has 0 unspecified atom stereocenters. The molecule has 24 heavy (non-hydrogen) atoms. The number of hydrogen-bond donors (Lipinski definition) is 2. The van der Waals surface area contributed by atoms with Crippen molar-refractivity contribution < 1.29 is 4.79 Å².